The first kappa shape index (κ1) is 21.8. The third-order valence-electron chi connectivity index (χ3n) is 5.12. The Morgan fingerprint density at radius 2 is 1.84 bits per heavy atom. The summed E-state index contributed by atoms with van der Waals surface area (Å²) in [6, 6.07) is 11.6. The van der Waals surface area contributed by atoms with Crippen LogP contribution < -0.4 is 9.64 Å². The number of aliphatic hydroxyl groups excluding tert-OH is 1. The van der Waals surface area contributed by atoms with Gasteiger partial charge >= 0.3 is 6.18 Å². The van der Waals surface area contributed by atoms with E-state index in [1.165, 1.54) is 23.2 Å². The maximum atomic E-state index is 13.7. The number of halogens is 4. The fourth-order valence-corrected chi connectivity index (χ4v) is 3.57. The van der Waals surface area contributed by atoms with Gasteiger partial charge in [0.15, 0.2) is 6.61 Å². The van der Waals surface area contributed by atoms with Gasteiger partial charge in [-0.05, 0) is 42.8 Å². The van der Waals surface area contributed by atoms with Crippen molar-refractivity contribution in [3.8, 4) is 17.0 Å². The molecule has 1 aromatic heterocycles. The van der Waals surface area contributed by atoms with E-state index in [2.05, 4.69) is 4.98 Å². The minimum atomic E-state index is -4.60. The summed E-state index contributed by atoms with van der Waals surface area (Å²) in [5, 5.41) is 9.68. The molecule has 1 unspecified atom stereocenters. The molecule has 1 amide bonds. The Bertz CT molecular complexity index is 1160. The summed E-state index contributed by atoms with van der Waals surface area (Å²) in [4.78, 5) is 18.8. The number of benzene rings is 2. The topological polar surface area (TPSA) is 62.7 Å². The number of nitrogens with zero attached hydrogens (tertiary/aromatic N) is 2. The van der Waals surface area contributed by atoms with Crippen LogP contribution >= 0.6 is 0 Å². The third-order valence-corrected chi connectivity index (χ3v) is 5.12. The zero-order valence-electron chi connectivity index (χ0n) is 16.9. The SMILES string of the molecule is CC(O)c1ccc(N2Cc3c(ccnc3-c3ccc(F)cc3OCC(F)(F)F)C2=O)cc1. The van der Waals surface area contributed by atoms with E-state index in [-0.39, 0.29) is 29.5 Å². The predicted octanol–water partition coefficient (Wildman–Crippen LogP) is 5.04. The summed E-state index contributed by atoms with van der Waals surface area (Å²) < 4.78 is 56.6. The van der Waals surface area contributed by atoms with Crippen LogP contribution in [0.2, 0.25) is 0 Å². The molecule has 1 aliphatic heterocycles. The van der Waals surface area contributed by atoms with Crippen LogP contribution in [0.25, 0.3) is 11.3 Å². The molecule has 0 saturated carbocycles. The van der Waals surface area contributed by atoms with E-state index >= 15 is 0 Å². The van der Waals surface area contributed by atoms with Crippen LogP contribution in [0.5, 0.6) is 5.75 Å². The summed E-state index contributed by atoms with van der Waals surface area (Å²) in [6.07, 6.45) is -3.87. The summed E-state index contributed by atoms with van der Waals surface area (Å²) in [5.41, 5.74) is 2.54. The molecule has 9 heteroatoms. The maximum Gasteiger partial charge on any atom is 0.422 e. The number of hydrogen-bond donors (Lipinski definition) is 1. The lowest BCUT2D eigenvalue weighted by atomic mass is 10.0. The molecule has 0 bridgehead atoms. The van der Waals surface area contributed by atoms with E-state index in [1.54, 1.807) is 31.2 Å². The molecule has 1 aliphatic rings. The van der Waals surface area contributed by atoms with E-state index in [0.717, 1.165) is 12.1 Å². The first-order chi connectivity index (χ1) is 15.1. The van der Waals surface area contributed by atoms with Crippen molar-refractivity contribution in [1.82, 2.24) is 4.98 Å². The number of carbonyl (C=O) groups is 1. The van der Waals surface area contributed by atoms with Crippen LogP contribution in [-0.4, -0.2) is 28.8 Å². The van der Waals surface area contributed by atoms with Crippen LogP contribution in [0.3, 0.4) is 0 Å². The Kier molecular flexibility index (Phi) is 5.60. The molecule has 0 fully saturated rings. The molecule has 1 atom stereocenters. The molecule has 166 valence electrons. The first-order valence-corrected chi connectivity index (χ1v) is 9.71. The molecular weight excluding hydrogens is 428 g/mol. The molecule has 0 aliphatic carbocycles. The number of alkyl halides is 3. The lowest BCUT2D eigenvalue weighted by Crippen LogP contribution is -2.22. The van der Waals surface area contributed by atoms with Crippen LogP contribution in [0.15, 0.2) is 54.7 Å². The number of aliphatic hydroxyl groups is 1. The van der Waals surface area contributed by atoms with Crippen molar-refractivity contribution < 1.29 is 32.2 Å². The second-order valence-corrected chi connectivity index (χ2v) is 7.39. The first-order valence-electron chi connectivity index (χ1n) is 9.71. The Balaban J connectivity index is 1.71. The second kappa shape index (κ2) is 8.23. The average Bonchev–Trinajstić information content (AvgIpc) is 3.09. The van der Waals surface area contributed by atoms with Crippen molar-refractivity contribution in [3.05, 3.63) is 77.2 Å². The van der Waals surface area contributed by atoms with Crippen molar-refractivity contribution in [3.63, 3.8) is 0 Å². The van der Waals surface area contributed by atoms with Crippen molar-refractivity contribution in [1.29, 1.82) is 0 Å². The Morgan fingerprint density at radius 3 is 2.50 bits per heavy atom. The molecule has 4 rings (SSSR count). The molecule has 2 aromatic carbocycles. The smallest absolute Gasteiger partial charge is 0.422 e. The fraction of sp³-hybridized carbons (Fsp3) is 0.217. The van der Waals surface area contributed by atoms with Crippen LogP contribution in [0.4, 0.5) is 23.2 Å². The van der Waals surface area contributed by atoms with Gasteiger partial charge in [-0.3, -0.25) is 9.78 Å². The lowest BCUT2D eigenvalue weighted by Gasteiger charge is -2.17. The van der Waals surface area contributed by atoms with Gasteiger partial charge in [0, 0.05) is 34.6 Å². The number of amides is 1. The highest BCUT2D eigenvalue weighted by Crippen LogP contribution is 2.38. The summed E-state index contributed by atoms with van der Waals surface area (Å²) in [5.74, 6) is -1.36. The highest BCUT2D eigenvalue weighted by atomic mass is 19.4. The van der Waals surface area contributed by atoms with Crippen molar-refractivity contribution >= 4 is 11.6 Å². The summed E-state index contributed by atoms with van der Waals surface area (Å²) in [6.45, 7) is 0.172. The number of aromatic nitrogens is 1. The number of rotatable bonds is 5. The maximum absolute atomic E-state index is 13.7. The zero-order chi connectivity index (χ0) is 23.0. The fourth-order valence-electron chi connectivity index (χ4n) is 3.57. The van der Waals surface area contributed by atoms with Crippen LogP contribution in [0, 0.1) is 5.82 Å². The number of anilines is 1. The van der Waals surface area contributed by atoms with Gasteiger partial charge in [0.25, 0.3) is 5.91 Å². The molecular formula is C23H18F4N2O3. The molecule has 32 heavy (non-hydrogen) atoms. The molecule has 1 N–H and O–H groups in total. The molecule has 2 heterocycles. The highest BCUT2D eigenvalue weighted by molar-refractivity contribution is 6.11. The normalized spacial score (nSPS) is 14.4. The van der Waals surface area contributed by atoms with Gasteiger partial charge in [0.1, 0.15) is 11.6 Å². The Morgan fingerprint density at radius 1 is 1.12 bits per heavy atom. The van der Waals surface area contributed by atoms with Gasteiger partial charge in [-0.25, -0.2) is 4.39 Å². The van der Waals surface area contributed by atoms with Crippen molar-refractivity contribution in [2.45, 2.75) is 25.7 Å². The Hall–Kier alpha value is -3.46. The third kappa shape index (κ3) is 4.29. The van der Waals surface area contributed by atoms with Crippen molar-refractivity contribution in [2.24, 2.45) is 0 Å². The average molecular weight is 446 g/mol. The van der Waals surface area contributed by atoms with E-state index < -0.39 is 24.7 Å². The summed E-state index contributed by atoms with van der Waals surface area (Å²) >= 11 is 0. The second-order valence-electron chi connectivity index (χ2n) is 7.39. The van der Waals surface area contributed by atoms with E-state index in [4.69, 9.17) is 4.74 Å². The molecule has 0 spiro atoms. The molecule has 0 radical (unpaired) electrons. The lowest BCUT2D eigenvalue weighted by molar-refractivity contribution is -0.153. The van der Waals surface area contributed by atoms with Gasteiger partial charge in [-0.15, -0.1) is 0 Å². The van der Waals surface area contributed by atoms with Crippen molar-refractivity contribution in [2.75, 3.05) is 11.5 Å². The monoisotopic (exact) mass is 446 g/mol. The summed E-state index contributed by atoms with van der Waals surface area (Å²) in [7, 11) is 0. The van der Waals surface area contributed by atoms with E-state index in [1.807, 2.05) is 0 Å². The zero-order valence-corrected chi connectivity index (χ0v) is 16.9. The molecule has 0 saturated heterocycles. The highest BCUT2D eigenvalue weighted by Gasteiger charge is 2.33. The van der Waals surface area contributed by atoms with Gasteiger partial charge < -0.3 is 14.7 Å². The van der Waals surface area contributed by atoms with E-state index in [9.17, 15) is 27.5 Å². The number of pyridine rings is 1. The van der Waals surface area contributed by atoms with Gasteiger partial charge in [-0.2, -0.15) is 13.2 Å². The minimum Gasteiger partial charge on any atom is -0.483 e. The van der Waals surface area contributed by atoms with Crippen LogP contribution in [-0.2, 0) is 6.54 Å². The number of hydrogen-bond acceptors (Lipinski definition) is 4. The standard InChI is InChI=1S/C23H18F4N2O3/c1-13(30)14-2-5-16(6-3-14)29-11-19-17(22(29)31)8-9-28-21(19)18-7-4-15(24)10-20(18)32-12-23(25,26)27/h2-10,13,30H,11-12H2,1H3. The predicted molar refractivity (Wildman–Crippen MR) is 109 cm³/mol. The molecule has 5 nitrogen and oxygen atoms in total. The largest absolute Gasteiger partial charge is 0.483 e. The minimum absolute atomic E-state index is 0.126. The number of carbonyl (C=O) groups excluding carboxylic acids is 1. The Labute approximate surface area is 180 Å². The van der Waals surface area contributed by atoms with Gasteiger partial charge in [-0.1, -0.05) is 12.1 Å². The molecule has 3 aromatic rings. The van der Waals surface area contributed by atoms with Gasteiger partial charge in [0.2, 0.25) is 0 Å². The quantitative estimate of drug-likeness (QED) is 0.558. The van der Waals surface area contributed by atoms with Gasteiger partial charge in [0.05, 0.1) is 18.3 Å². The van der Waals surface area contributed by atoms with Crippen LogP contribution in [0.1, 0.15) is 34.5 Å². The van der Waals surface area contributed by atoms with E-state index in [0.29, 0.717) is 22.4 Å². The number of ether oxygens (including phenoxy) is 1. The number of fused-ring (bicyclic) bond motifs is 1.